The van der Waals surface area contributed by atoms with Gasteiger partial charge in [-0.3, -0.25) is 0 Å². The smallest absolute Gasteiger partial charge is 0.237 e. The van der Waals surface area contributed by atoms with Gasteiger partial charge in [-0.2, -0.15) is 0 Å². The van der Waals surface area contributed by atoms with E-state index in [1.54, 1.807) is 36.9 Å². The molecule has 2 aromatic heterocycles. The molecule has 5 aromatic rings. The number of nitriles is 2. The second-order valence-electron chi connectivity index (χ2n) is 9.84. The Balaban J connectivity index is 1.65. The molecule has 0 amide bonds. The standard InChI is InChI=1S/C34H16N8/c1-37-27(17-35)29-25-13-19-5-7-21(33-39-9-3-10-40-33)15-23(19)30(25)32(28(18-36)38-2)31-24-16-22(34-41-11-4-12-42-34)8-6-20(24)14-26(29)31/h3-12,15-16H,13-14H2. The first kappa shape index (κ1) is 24.6. The van der Waals surface area contributed by atoms with Crippen LogP contribution in [0.5, 0.6) is 0 Å². The molecule has 0 unspecified atom stereocenters. The van der Waals surface area contributed by atoms with Crippen molar-refractivity contribution in [3.63, 3.8) is 0 Å². The Morgan fingerprint density at radius 2 is 1.07 bits per heavy atom. The number of nitrogens with zero attached hydrogens (tertiary/aromatic N) is 8. The topological polar surface area (TPSA) is 108 Å². The summed E-state index contributed by atoms with van der Waals surface area (Å²) in [7, 11) is 0. The molecule has 0 radical (unpaired) electrons. The molecule has 42 heavy (non-hydrogen) atoms. The van der Waals surface area contributed by atoms with Gasteiger partial charge in [0.25, 0.3) is 11.4 Å². The third-order valence-corrected chi connectivity index (χ3v) is 7.76. The van der Waals surface area contributed by atoms with Crippen molar-refractivity contribution in [3.05, 3.63) is 129 Å². The van der Waals surface area contributed by atoms with Gasteiger partial charge in [-0.15, -0.1) is 0 Å². The summed E-state index contributed by atoms with van der Waals surface area (Å²) >= 11 is 0. The van der Waals surface area contributed by atoms with Crippen molar-refractivity contribution in [1.82, 2.24) is 19.9 Å². The van der Waals surface area contributed by atoms with Crippen LogP contribution in [-0.4, -0.2) is 19.9 Å². The van der Waals surface area contributed by atoms with Crippen molar-refractivity contribution in [2.24, 2.45) is 0 Å². The molecule has 0 N–H and O–H groups in total. The molecule has 3 aromatic carbocycles. The minimum absolute atomic E-state index is 0.00536. The Bertz CT molecular complexity index is 2120. The zero-order chi connectivity index (χ0) is 28.8. The molecule has 7 rings (SSSR count). The van der Waals surface area contributed by atoms with Gasteiger partial charge in [-0.1, -0.05) is 24.3 Å². The fraction of sp³-hybridized carbons (Fsp3) is 0.0588. The zero-order valence-corrected chi connectivity index (χ0v) is 21.9. The molecule has 2 aliphatic rings. The number of fused-ring (bicyclic) bond motifs is 6. The average Bonchev–Trinajstić information content (AvgIpc) is 3.61. The number of rotatable bonds is 2. The molecule has 8 nitrogen and oxygen atoms in total. The van der Waals surface area contributed by atoms with Crippen molar-refractivity contribution in [1.29, 1.82) is 10.5 Å². The molecule has 0 saturated heterocycles. The molecule has 0 bridgehead atoms. The minimum atomic E-state index is -0.0428. The predicted molar refractivity (Wildman–Crippen MR) is 155 cm³/mol. The van der Waals surface area contributed by atoms with Crippen LogP contribution in [0.3, 0.4) is 0 Å². The summed E-state index contributed by atoms with van der Waals surface area (Å²) in [5.74, 6) is 1.10. The summed E-state index contributed by atoms with van der Waals surface area (Å²) in [5.41, 5.74) is 8.13. The van der Waals surface area contributed by atoms with Gasteiger partial charge >= 0.3 is 0 Å². The van der Waals surface area contributed by atoms with Gasteiger partial charge in [0.2, 0.25) is 0 Å². The summed E-state index contributed by atoms with van der Waals surface area (Å²) < 4.78 is 0. The Hall–Kier alpha value is -6.48. The monoisotopic (exact) mass is 536 g/mol. The highest BCUT2D eigenvalue weighted by molar-refractivity contribution is 5.94. The van der Waals surface area contributed by atoms with E-state index in [1.165, 1.54) is 0 Å². The van der Waals surface area contributed by atoms with E-state index in [9.17, 15) is 10.5 Å². The predicted octanol–water partition coefficient (Wildman–Crippen LogP) is 4.85. The van der Waals surface area contributed by atoms with E-state index in [1.807, 2.05) is 36.4 Å². The quantitative estimate of drug-likeness (QED) is 0.293. The molecule has 192 valence electrons. The van der Waals surface area contributed by atoms with E-state index in [0.29, 0.717) is 46.1 Å². The molecule has 2 aliphatic carbocycles. The van der Waals surface area contributed by atoms with Crippen LogP contribution in [-0.2, 0) is 12.8 Å². The molecule has 0 atom stereocenters. The number of aromatic nitrogens is 4. The van der Waals surface area contributed by atoms with Crippen molar-refractivity contribution < 1.29 is 0 Å². The second-order valence-corrected chi connectivity index (χ2v) is 9.84. The summed E-state index contributed by atoms with van der Waals surface area (Å²) in [6.45, 7) is 15.8. The Morgan fingerprint density at radius 1 is 0.643 bits per heavy atom. The van der Waals surface area contributed by atoms with Gasteiger partial charge in [0.15, 0.2) is 11.6 Å². The Morgan fingerprint density at radius 3 is 1.48 bits per heavy atom. The van der Waals surface area contributed by atoms with Crippen LogP contribution in [0.2, 0.25) is 0 Å². The van der Waals surface area contributed by atoms with Gasteiger partial charge in [0.05, 0.1) is 25.3 Å². The summed E-state index contributed by atoms with van der Waals surface area (Å²) in [6.07, 6.45) is 7.63. The maximum absolute atomic E-state index is 10.2. The molecular formula is C34H16N8. The number of benzene rings is 3. The van der Waals surface area contributed by atoms with Crippen LogP contribution in [0.1, 0.15) is 22.3 Å². The lowest BCUT2D eigenvalue weighted by Gasteiger charge is -2.14. The van der Waals surface area contributed by atoms with Gasteiger partial charge in [0, 0.05) is 41.1 Å². The second kappa shape index (κ2) is 9.61. The zero-order valence-electron chi connectivity index (χ0n) is 21.9. The fourth-order valence-corrected chi connectivity index (χ4v) is 6.09. The van der Waals surface area contributed by atoms with Crippen LogP contribution in [0, 0.1) is 35.8 Å². The fourth-order valence-electron chi connectivity index (χ4n) is 6.09. The molecular weight excluding hydrogens is 520 g/mol. The highest BCUT2D eigenvalue weighted by Gasteiger charge is 2.32. The largest absolute Gasteiger partial charge is 0.270 e. The Kier molecular flexibility index (Phi) is 5.62. The van der Waals surface area contributed by atoms with Crippen LogP contribution in [0.25, 0.3) is 66.1 Å². The highest BCUT2D eigenvalue weighted by atomic mass is 14.9. The maximum atomic E-state index is 10.2. The van der Waals surface area contributed by atoms with E-state index >= 15 is 0 Å². The first-order chi connectivity index (χ1) is 20.7. The number of hydrogen-bond acceptors (Lipinski definition) is 6. The molecule has 0 saturated carbocycles. The van der Waals surface area contributed by atoms with Crippen molar-refractivity contribution >= 4 is 11.4 Å². The van der Waals surface area contributed by atoms with Crippen molar-refractivity contribution in [2.45, 2.75) is 12.8 Å². The van der Waals surface area contributed by atoms with Crippen LogP contribution >= 0.6 is 0 Å². The maximum Gasteiger partial charge on any atom is 0.270 e. The van der Waals surface area contributed by atoms with E-state index < -0.39 is 0 Å². The van der Waals surface area contributed by atoms with Crippen molar-refractivity contribution in [3.8, 4) is 57.2 Å². The van der Waals surface area contributed by atoms with Crippen LogP contribution in [0.4, 0.5) is 0 Å². The lowest BCUT2D eigenvalue weighted by atomic mass is 9.89. The van der Waals surface area contributed by atoms with Crippen LogP contribution in [0.15, 0.2) is 73.3 Å². The third-order valence-electron chi connectivity index (χ3n) is 7.76. The summed E-state index contributed by atoms with van der Waals surface area (Å²) in [6, 6.07) is 19.6. The average molecular weight is 537 g/mol. The Labute approximate surface area is 240 Å². The first-order valence-electron chi connectivity index (χ1n) is 13.0. The minimum Gasteiger partial charge on any atom is -0.237 e. The van der Waals surface area contributed by atoms with Crippen LogP contribution < -0.4 is 10.4 Å². The van der Waals surface area contributed by atoms with Gasteiger partial charge in [-0.05, 0) is 86.8 Å². The lowest BCUT2D eigenvalue weighted by molar-refractivity contribution is 1.16. The van der Waals surface area contributed by atoms with E-state index in [4.69, 9.17) is 13.1 Å². The molecule has 0 fully saturated rings. The molecule has 8 heteroatoms. The first-order valence-corrected chi connectivity index (χ1v) is 13.0. The number of hydrogen-bond donors (Lipinski definition) is 0. The van der Waals surface area contributed by atoms with Crippen molar-refractivity contribution in [2.75, 3.05) is 0 Å². The van der Waals surface area contributed by atoms with Gasteiger partial charge in [0.1, 0.15) is 0 Å². The normalized spacial score (nSPS) is 11.5. The molecule has 0 spiro atoms. The highest BCUT2D eigenvalue weighted by Crippen LogP contribution is 2.42. The van der Waals surface area contributed by atoms with E-state index in [2.05, 4.69) is 41.8 Å². The summed E-state index contributed by atoms with van der Waals surface area (Å²) in [4.78, 5) is 24.9. The third kappa shape index (κ3) is 3.58. The van der Waals surface area contributed by atoms with Gasteiger partial charge < -0.3 is 0 Å². The van der Waals surface area contributed by atoms with E-state index in [-0.39, 0.29) is 11.4 Å². The lowest BCUT2D eigenvalue weighted by Crippen LogP contribution is -2.25. The van der Waals surface area contributed by atoms with Gasteiger partial charge in [-0.25, -0.2) is 40.1 Å². The molecule has 0 aliphatic heterocycles. The molecule has 2 heterocycles. The van der Waals surface area contributed by atoms with E-state index in [0.717, 1.165) is 44.5 Å². The SMILES string of the molecule is [C-]#[N+]C(C#N)=c1c2c(c(=C(C#N)[N+]#[C-])c3c1Cc1ccc(-c4ncccn4)cc1-3)-c1cc(-c3ncccn3)ccc1C2. The summed E-state index contributed by atoms with van der Waals surface area (Å²) in [5, 5.41) is 21.4.